The first-order valence-corrected chi connectivity index (χ1v) is 6.80. The summed E-state index contributed by atoms with van der Waals surface area (Å²) in [6.45, 7) is 2.16. The number of hydrogen-bond acceptors (Lipinski definition) is 4. The molecule has 1 heterocycles. The number of tetrazole rings is 1. The lowest BCUT2D eigenvalue weighted by atomic mass is 10.1. The molecule has 1 unspecified atom stereocenters. The summed E-state index contributed by atoms with van der Waals surface area (Å²) in [5.74, 6) is 1.47. The minimum atomic E-state index is 0.336. The summed E-state index contributed by atoms with van der Waals surface area (Å²) in [7, 11) is 0. The quantitative estimate of drug-likeness (QED) is 0.885. The fourth-order valence-electron chi connectivity index (χ4n) is 2.15. The smallest absolute Gasteiger partial charge is 0.183 e. The molecule has 1 saturated carbocycles. The third kappa shape index (κ3) is 1.90. The molecule has 0 radical (unpaired) electrons. The van der Waals surface area contributed by atoms with Gasteiger partial charge in [-0.3, -0.25) is 0 Å². The van der Waals surface area contributed by atoms with Crippen molar-refractivity contribution in [2.75, 3.05) is 5.73 Å². The highest BCUT2D eigenvalue weighted by Crippen LogP contribution is 2.41. The molecule has 0 saturated heterocycles. The lowest BCUT2D eigenvalue weighted by Gasteiger charge is -2.13. The van der Waals surface area contributed by atoms with Crippen LogP contribution in [0.3, 0.4) is 0 Å². The molecule has 0 bridgehead atoms. The van der Waals surface area contributed by atoms with Crippen molar-refractivity contribution in [1.82, 2.24) is 20.2 Å². The minimum Gasteiger partial charge on any atom is -0.398 e. The molecule has 1 fully saturated rings. The van der Waals surface area contributed by atoms with E-state index in [-0.39, 0.29) is 0 Å². The van der Waals surface area contributed by atoms with Crippen molar-refractivity contribution in [3.8, 4) is 11.4 Å². The molecule has 2 aromatic rings. The molecule has 2 N–H and O–H groups in total. The maximum absolute atomic E-state index is 5.90. The average molecular weight is 308 g/mol. The molecule has 6 heteroatoms. The zero-order valence-electron chi connectivity index (χ0n) is 10.0. The lowest BCUT2D eigenvalue weighted by molar-refractivity contribution is 0.433. The number of halogens is 1. The van der Waals surface area contributed by atoms with Crippen LogP contribution in [-0.4, -0.2) is 20.2 Å². The second kappa shape index (κ2) is 4.35. The number of rotatable bonds is 3. The Morgan fingerprint density at radius 1 is 1.44 bits per heavy atom. The van der Waals surface area contributed by atoms with E-state index in [2.05, 4.69) is 38.4 Å². The van der Waals surface area contributed by atoms with Gasteiger partial charge in [-0.05, 0) is 64.2 Å². The number of hydrogen-bond donors (Lipinski definition) is 1. The van der Waals surface area contributed by atoms with Gasteiger partial charge in [0.05, 0.1) is 10.5 Å². The van der Waals surface area contributed by atoms with Crippen LogP contribution in [0.5, 0.6) is 0 Å². The van der Waals surface area contributed by atoms with Crippen LogP contribution in [0.1, 0.15) is 25.8 Å². The molecular formula is C12H14BrN5. The second-order valence-electron chi connectivity index (χ2n) is 4.73. The summed E-state index contributed by atoms with van der Waals surface area (Å²) >= 11 is 3.50. The van der Waals surface area contributed by atoms with Gasteiger partial charge < -0.3 is 5.73 Å². The Labute approximate surface area is 113 Å². The molecule has 1 aromatic carbocycles. The predicted molar refractivity (Wildman–Crippen MR) is 72.8 cm³/mol. The molecular weight excluding hydrogens is 294 g/mol. The third-order valence-corrected chi connectivity index (χ3v) is 4.34. The molecule has 1 aliphatic rings. The molecule has 1 aliphatic carbocycles. The Morgan fingerprint density at radius 3 is 2.94 bits per heavy atom. The Bertz CT molecular complexity index is 576. The van der Waals surface area contributed by atoms with E-state index in [1.54, 1.807) is 0 Å². The van der Waals surface area contributed by atoms with Gasteiger partial charge in [-0.2, -0.15) is 0 Å². The van der Waals surface area contributed by atoms with E-state index in [1.165, 1.54) is 12.8 Å². The molecule has 0 amide bonds. The van der Waals surface area contributed by atoms with Crippen molar-refractivity contribution in [1.29, 1.82) is 0 Å². The Balaban J connectivity index is 2.06. The molecule has 3 rings (SSSR count). The fourth-order valence-corrected chi connectivity index (χ4v) is 2.59. The summed E-state index contributed by atoms with van der Waals surface area (Å²) in [5, 5.41) is 12.1. The highest BCUT2D eigenvalue weighted by atomic mass is 79.9. The van der Waals surface area contributed by atoms with Crippen molar-refractivity contribution < 1.29 is 0 Å². The highest BCUT2D eigenvalue weighted by Gasteiger charge is 2.31. The van der Waals surface area contributed by atoms with Gasteiger partial charge in [-0.25, -0.2) is 4.68 Å². The van der Waals surface area contributed by atoms with Gasteiger partial charge in [0, 0.05) is 11.3 Å². The second-order valence-corrected chi connectivity index (χ2v) is 5.53. The van der Waals surface area contributed by atoms with Crippen molar-refractivity contribution >= 4 is 21.6 Å². The van der Waals surface area contributed by atoms with E-state index in [0.717, 1.165) is 15.9 Å². The number of nitrogens with two attached hydrogens (primary N) is 1. The van der Waals surface area contributed by atoms with Gasteiger partial charge in [-0.15, -0.1) is 5.10 Å². The molecule has 1 atom stereocenters. The van der Waals surface area contributed by atoms with E-state index in [4.69, 9.17) is 5.73 Å². The lowest BCUT2D eigenvalue weighted by Crippen LogP contribution is -2.11. The van der Waals surface area contributed by atoms with Crippen LogP contribution in [0.4, 0.5) is 5.69 Å². The molecule has 5 nitrogen and oxygen atoms in total. The summed E-state index contributed by atoms with van der Waals surface area (Å²) in [6.07, 6.45) is 2.52. The Morgan fingerprint density at radius 2 is 2.22 bits per heavy atom. The largest absolute Gasteiger partial charge is 0.398 e. The number of nitrogens with zero attached hydrogens (tertiary/aromatic N) is 4. The first-order valence-electron chi connectivity index (χ1n) is 6.00. The molecule has 1 aromatic heterocycles. The Kier molecular flexibility index (Phi) is 2.81. The van der Waals surface area contributed by atoms with Crippen molar-refractivity contribution in [2.45, 2.75) is 25.8 Å². The molecule has 0 spiro atoms. The molecule has 18 heavy (non-hydrogen) atoms. The van der Waals surface area contributed by atoms with Gasteiger partial charge >= 0.3 is 0 Å². The number of nitrogen functional groups attached to an aromatic ring is 1. The predicted octanol–water partition coefficient (Wildman–Crippen LogP) is 2.66. The van der Waals surface area contributed by atoms with E-state index >= 15 is 0 Å². The van der Waals surface area contributed by atoms with Crippen LogP contribution in [0.15, 0.2) is 22.7 Å². The van der Waals surface area contributed by atoms with Crippen LogP contribution in [-0.2, 0) is 0 Å². The Hall–Kier alpha value is -1.43. The van der Waals surface area contributed by atoms with Crippen molar-refractivity contribution in [3.05, 3.63) is 22.7 Å². The van der Waals surface area contributed by atoms with Gasteiger partial charge in [0.2, 0.25) is 0 Å². The topological polar surface area (TPSA) is 69.6 Å². The zero-order valence-corrected chi connectivity index (χ0v) is 11.6. The summed E-state index contributed by atoms with van der Waals surface area (Å²) in [6, 6.07) is 6.08. The van der Waals surface area contributed by atoms with E-state index < -0.39 is 0 Å². The van der Waals surface area contributed by atoms with E-state index in [9.17, 15) is 0 Å². The van der Waals surface area contributed by atoms with Gasteiger partial charge in [0.15, 0.2) is 5.82 Å². The standard InChI is InChI=1S/C12H14BrN5/c1-7(8-5-6-8)18-12(15-16-17-18)9-3-2-4-10(14)11(9)13/h2-4,7-8H,5-6,14H2,1H3. The maximum Gasteiger partial charge on any atom is 0.183 e. The molecule has 94 valence electrons. The number of benzene rings is 1. The third-order valence-electron chi connectivity index (χ3n) is 3.45. The van der Waals surface area contributed by atoms with Gasteiger partial charge in [0.25, 0.3) is 0 Å². The number of anilines is 1. The van der Waals surface area contributed by atoms with Gasteiger partial charge in [0.1, 0.15) is 0 Å². The highest BCUT2D eigenvalue weighted by molar-refractivity contribution is 9.10. The minimum absolute atomic E-state index is 0.336. The number of aromatic nitrogens is 4. The average Bonchev–Trinajstić information content (AvgIpc) is 3.10. The monoisotopic (exact) mass is 307 g/mol. The summed E-state index contributed by atoms with van der Waals surface area (Å²) in [4.78, 5) is 0. The van der Waals surface area contributed by atoms with Crippen LogP contribution in [0, 0.1) is 5.92 Å². The van der Waals surface area contributed by atoms with E-state index in [1.807, 2.05) is 22.9 Å². The normalized spacial score (nSPS) is 16.8. The first-order chi connectivity index (χ1) is 8.68. The van der Waals surface area contributed by atoms with Gasteiger partial charge in [-0.1, -0.05) is 6.07 Å². The van der Waals surface area contributed by atoms with Crippen LogP contribution in [0.2, 0.25) is 0 Å². The van der Waals surface area contributed by atoms with E-state index in [0.29, 0.717) is 17.6 Å². The molecule has 0 aliphatic heterocycles. The maximum atomic E-state index is 5.90. The SMILES string of the molecule is CC(C1CC1)n1nnnc1-c1cccc(N)c1Br. The summed E-state index contributed by atoms with van der Waals surface area (Å²) in [5.41, 5.74) is 7.53. The fraction of sp³-hybridized carbons (Fsp3) is 0.417. The zero-order chi connectivity index (χ0) is 12.7. The summed E-state index contributed by atoms with van der Waals surface area (Å²) < 4.78 is 2.75. The van der Waals surface area contributed by atoms with Crippen LogP contribution in [0.25, 0.3) is 11.4 Å². The first kappa shape index (κ1) is 11.6. The van der Waals surface area contributed by atoms with Crippen molar-refractivity contribution in [2.24, 2.45) is 5.92 Å². The van der Waals surface area contributed by atoms with Crippen molar-refractivity contribution in [3.63, 3.8) is 0 Å². The van der Waals surface area contributed by atoms with Crippen LogP contribution < -0.4 is 5.73 Å². The van der Waals surface area contributed by atoms with Crippen LogP contribution >= 0.6 is 15.9 Å².